The Morgan fingerprint density at radius 1 is 1.15 bits per heavy atom. The molecule has 0 radical (unpaired) electrons. The highest BCUT2D eigenvalue weighted by Crippen LogP contribution is 2.48. The molecule has 0 spiro atoms. The SMILES string of the molecule is COC(C)c1nc2c(c(C3CCCC3)c1C(=O)c1ccc(C(F)(F)F)cc1)C(O)CC(C)(C)C2. The lowest BCUT2D eigenvalue weighted by atomic mass is 9.71. The molecule has 34 heavy (non-hydrogen) atoms. The number of nitrogens with zero attached hydrogens (tertiary/aromatic N) is 1. The molecule has 184 valence electrons. The molecule has 1 heterocycles. The second kappa shape index (κ2) is 9.08. The van der Waals surface area contributed by atoms with Crippen molar-refractivity contribution in [2.75, 3.05) is 7.11 Å². The standard InChI is InChI=1S/C27H32F3NO3/c1-15(34-4)24-23(25(33)17-9-11-18(12-10-17)27(28,29)30)21(16-7-5-6-8-16)22-19(31-24)13-26(2,3)14-20(22)32/h9-12,15-16,20,32H,5-8,13-14H2,1-4H3. The average molecular weight is 476 g/mol. The van der Waals surface area contributed by atoms with E-state index < -0.39 is 23.9 Å². The van der Waals surface area contributed by atoms with Gasteiger partial charge in [0.25, 0.3) is 0 Å². The highest BCUT2D eigenvalue weighted by atomic mass is 19.4. The third-order valence-electron chi connectivity index (χ3n) is 7.31. The number of benzene rings is 1. The second-order valence-electron chi connectivity index (χ2n) is 10.5. The van der Waals surface area contributed by atoms with E-state index in [0.29, 0.717) is 24.1 Å². The minimum atomic E-state index is -4.48. The van der Waals surface area contributed by atoms with Crippen LogP contribution in [0.1, 0.15) is 115 Å². The fourth-order valence-electron chi connectivity index (χ4n) is 5.59. The molecule has 2 aromatic rings. The van der Waals surface area contributed by atoms with Gasteiger partial charge >= 0.3 is 6.18 Å². The van der Waals surface area contributed by atoms with Crippen LogP contribution in [0.2, 0.25) is 0 Å². The van der Waals surface area contributed by atoms with Crippen LogP contribution < -0.4 is 0 Å². The van der Waals surface area contributed by atoms with Gasteiger partial charge < -0.3 is 9.84 Å². The molecule has 0 aliphatic heterocycles. The van der Waals surface area contributed by atoms with Crippen LogP contribution in [0, 0.1) is 5.41 Å². The predicted molar refractivity (Wildman–Crippen MR) is 123 cm³/mol. The molecule has 2 aliphatic rings. The molecule has 0 saturated heterocycles. The number of hydrogen-bond acceptors (Lipinski definition) is 4. The van der Waals surface area contributed by atoms with Crippen molar-refractivity contribution in [3.05, 3.63) is 63.5 Å². The fraction of sp³-hybridized carbons (Fsp3) is 0.556. The Morgan fingerprint density at radius 2 is 1.76 bits per heavy atom. The van der Waals surface area contributed by atoms with Crippen LogP contribution in [-0.2, 0) is 17.3 Å². The Labute approximate surface area is 198 Å². The van der Waals surface area contributed by atoms with Gasteiger partial charge in [0.2, 0.25) is 0 Å². The average Bonchev–Trinajstić information content (AvgIpc) is 3.30. The predicted octanol–water partition coefficient (Wildman–Crippen LogP) is 6.70. The summed E-state index contributed by atoms with van der Waals surface area (Å²) in [7, 11) is 1.55. The molecule has 4 rings (SSSR count). The molecule has 1 fully saturated rings. The molecule has 1 aromatic heterocycles. The van der Waals surface area contributed by atoms with Gasteiger partial charge in [-0.2, -0.15) is 13.2 Å². The first kappa shape index (κ1) is 24.9. The van der Waals surface area contributed by atoms with Crippen molar-refractivity contribution in [2.24, 2.45) is 5.41 Å². The normalized spacial score (nSPS) is 21.4. The number of fused-ring (bicyclic) bond motifs is 1. The van der Waals surface area contributed by atoms with E-state index in [2.05, 4.69) is 13.8 Å². The Morgan fingerprint density at radius 3 is 2.32 bits per heavy atom. The van der Waals surface area contributed by atoms with Gasteiger partial charge in [-0.15, -0.1) is 0 Å². The number of carbonyl (C=O) groups is 1. The summed E-state index contributed by atoms with van der Waals surface area (Å²) >= 11 is 0. The monoisotopic (exact) mass is 475 g/mol. The van der Waals surface area contributed by atoms with E-state index in [9.17, 15) is 23.1 Å². The van der Waals surface area contributed by atoms with Gasteiger partial charge in [0.1, 0.15) is 0 Å². The van der Waals surface area contributed by atoms with Crippen LogP contribution in [0.3, 0.4) is 0 Å². The van der Waals surface area contributed by atoms with Gasteiger partial charge in [0, 0.05) is 23.9 Å². The van der Waals surface area contributed by atoms with Crippen molar-refractivity contribution >= 4 is 5.78 Å². The van der Waals surface area contributed by atoms with Crippen molar-refractivity contribution < 1.29 is 27.8 Å². The summed E-state index contributed by atoms with van der Waals surface area (Å²) in [4.78, 5) is 18.8. The summed E-state index contributed by atoms with van der Waals surface area (Å²) in [5, 5.41) is 11.2. The van der Waals surface area contributed by atoms with Gasteiger partial charge in [-0.3, -0.25) is 9.78 Å². The quantitative estimate of drug-likeness (QED) is 0.489. The molecular weight excluding hydrogens is 443 g/mol. The zero-order valence-electron chi connectivity index (χ0n) is 20.1. The third kappa shape index (κ3) is 4.65. The largest absolute Gasteiger partial charge is 0.416 e. The smallest absolute Gasteiger partial charge is 0.388 e. The molecule has 1 aromatic carbocycles. The third-order valence-corrected chi connectivity index (χ3v) is 7.31. The van der Waals surface area contributed by atoms with Crippen molar-refractivity contribution in [1.82, 2.24) is 4.98 Å². The van der Waals surface area contributed by atoms with E-state index in [1.54, 1.807) is 7.11 Å². The number of halogens is 3. The van der Waals surface area contributed by atoms with Crippen molar-refractivity contribution in [2.45, 2.75) is 83.6 Å². The molecule has 1 saturated carbocycles. The highest BCUT2D eigenvalue weighted by Gasteiger charge is 2.40. The lowest BCUT2D eigenvalue weighted by Gasteiger charge is -2.37. The molecular formula is C27H32F3NO3. The van der Waals surface area contributed by atoms with Crippen LogP contribution >= 0.6 is 0 Å². The zero-order chi connectivity index (χ0) is 24.8. The molecule has 2 unspecified atom stereocenters. The minimum absolute atomic E-state index is 0.101. The Hall–Kier alpha value is -2.25. The summed E-state index contributed by atoms with van der Waals surface area (Å²) in [5.74, 6) is -0.273. The van der Waals surface area contributed by atoms with E-state index in [-0.39, 0.29) is 22.7 Å². The Balaban J connectivity index is 1.95. The number of rotatable bonds is 5. The summed E-state index contributed by atoms with van der Waals surface area (Å²) in [5.41, 5.74) is 2.49. The molecule has 2 aliphatic carbocycles. The molecule has 4 nitrogen and oxygen atoms in total. The lowest BCUT2D eigenvalue weighted by Crippen LogP contribution is -2.30. The number of ether oxygens (including phenoxy) is 1. The van der Waals surface area contributed by atoms with Gasteiger partial charge in [0.05, 0.1) is 29.0 Å². The second-order valence-corrected chi connectivity index (χ2v) is 10.5. The number of pyridine rings is 1. The number of hydrogen-bond donors (Lipinski definition) is 1. The summed E-state index contributed by atoms with van der Waals surface area (Å²) < 4.78 is 44.8. The maximum absolute atomic E-state index is 13.9. The molecule has 7 heteroatoms. The van der Waals surface area contributed by atoms with E-state index in [4.69, 9.17) is 9.72 Å². The maximum Gasteiger partial charge on any atom is 0.416 e. The number of carbonyl (C=O) groups excluding carboxylic acids is 1. The summed E-state index contributed by atoms with van der Waals surface area (Å²) in [6.07, 6.45) is -0.586. The van der Waals surface area contributed by atoms with Crippen molar-refractivity contribution in [3.8, 4) is 0 Å². The van der Waals surface area contributed by atoms with E-state index >= 15 is 0 Å². The zero-order valence-corrected chi connectivity index (χ0v) is 20.1. The first-order chi connectivity index (χ1) is 15.9. The number of methoxy groups -OCH3 is 1. The molecule has 0 bridgehead atoms. The Bertz CT molecular complexity index is 1070. The topological polar surface area (TPSA) is 59.4 Å². The van der Waals surface area contributed by atoms with Gasteiger partial charge in [0.15, 0.2) is 5.78 Å². The first-order valence-electron chi connectivity index (χ1n) is 11.9. The van der Waals surface area contributed by atoms with Crippen LogP contribution in [0.5, 0.6) is 0 Å². The maximum atomic E-state index is 13.9. The highest BCUT2D eigenvalue weighted by molar-refractivity contribution is 6.11. The van der Waals surface area contributed by atoms with Crippen LogP contribution in [0.25, 0.3) is 0 Å². The van der Waals surface area contributed by atoms with Crippen molar-refractivity contribution in [3.63, 3.8) is 0 Å². The van der Waals surface area contributed by atoms with E-state index in [1.807, 2.05) is 6.92 Å². The van der Waals surface area contributed by atoms with Crippen LogP contribution in [-0.4, -0.2) is 23.0 Å². The molecule has 1 N–H and O–H groups in total. The fourth-order valence-corrected chi connectivity index (χ4v) is 5.59. The van der Waals surface area contributed by atoms with Gasteiger partial charge in [-0.05, 0) is 61.6 Å². The van der Waals surface area contributed by atoms with Crippen LogP contribution in [0.4, 0.5) is 13.2 Å². The number of aromatic nitrogens is 1. The number of aliphatic hydroxyl groups is 1. The van der Waals surface area contributed by atoms with Gasteiger partial charge in [-0.1, -0.05) is 38.8 Å². The van der Waals surface area contributed by atoms with Gasteiger partial charge in [-0.25, -0.2) is 0 Å². The number of ketones is 1. The number of aliphatic hydroxyl groups excluding tert-OH is 1. The number of alkyl halides is 3. The first-order valence-corrected chi connectivity index (χ1v) is 11.9. The van der Waals surface area contributed by atoms with E-state index in [1.165, 1.54) is 12.1 Å². The lowest BCUT2D eigenvalue weighted by molar-refractivity contribution is -0.137. The van der Waals surface area contributed by atoms with Crippen molar-refractivity contribution in [1.29, 1.82) is 0 Å². The Kier molecular flexibility index (Phi) is 6.64. The van der Waals surface area contributed by atoms with E-state index in [0.717, 1.165) is 54.6 Å². The molecule has 0 amide bonds. The van der Waals surface area contributed by atoms with Crippen LogP contribution in [0.15, 0.2) is 24.3 Å². The minimum Gasteiger partial charge on any atom is -0.388 e. The summed E-state index contributed by atoms with van der Waals surface area (Å²) in [6.45, 7) is 6.01. The summed E-state index contributed by atoms with van der Waals surface area (Å²) in [6, 6.07) is 4.32. The molecule has 2 atom stereocenters.